The van der Waals surface area contributed by atoms with E-state index >= 15 is 0 Å². The lowest BCUT2D eigenvalue weighted by atomic mass is 10.2. The first-order chi connectivity index (χ1) is 13.8. The molecule has 0 bridgehead atoms. The fraction of sp³-hybridized carbons (Fsp3) is 0.211. The van der Waals surface area contributed by atoms with E-state index in [1.807, 2.05) is 0 Å². The van der Waals surface area contributed by atoms with Crippen molar-refractivity contribution in [2.24, 2.45) is 0 Å². The maximum atomic E-state index is 12.3. The molecule has 0 aromatic heterocycles. The Morgan fingerprint density at radius 3 is 2.59 bits per heavy atom. The minimum atomic E-state index is -4.10. The second-order valence-corrected chi connectivity index (χ2v) is 7.52. The van der Waals surface area contributed by atoms with E-state index in [0.29, 0.717) is 11.4 Å². The van der Waals surface area contributed by atoms with Gasteiger partial charge in [-0.2, -0.15) is 9.98 Å². The Kier molecular flexibility index (Phi) is 7.30. The first-order valence-corrected chi connectivity index (χ1v) is 9.88. The first-order valence-electron chi connectivity index (χ1n) is 8.40. The Hall–Kier alpha value is -3.42. The van der Waals surface area contributed by atoms with Gasteiger partial charge < -0.3 is 14.8 Å². The zero-order valence-corrected chi connectivity index (χ0v) is 16.5. The third-order valence-corrected chi connectivity index (χ3v) is 5.18. The number of carbonyl (C=O) groups is 2. The lowest BCUT2D eigenvalue weighted by molar-refractivity contribution is -0.151. The molecule has 0 heterocycles. The largest absolute Gasteiger partial charge is 0.497 e. The molecule has 0 saturated carbocycles. The van der Waals surface area contributed by atoms with Crippen LogP contribution in [0.15, 0.2) is 53.4 Å². The molecule has 9 nitrogen and oxygen atoms in total. The number of esters is 1. The van der Waals surface area contributed by atoms with Crippen molar-refractivity contribution in [2.75, 3.05) is 19.0 Å². The SMILES string of the molecule is COc1cccc(NC(=O)[C@H](C)OC(=O)CNS(=O)(=O)c2ccccc2C#N)c1. The zero-order valence-electron chi connectivity index (χ0n) is 15.7. The van der Waals surface area contributed by atoms with E-state index in [4.69, 9.17) is 14.7 Å². The molecule has 10 heteroatoms. The van der Waals surface area contributed by atoms with Crippen molar-refractivity contribution >= 4 is 27.6 Å². The van der Waals surface area contributed by atoms with Gasteiger partial charge in [0.15, 0.2) is 6.10 Å². The number of hydrogen-bond donors (Lipinski definition) is 2. The normalized spacial score (nSPS) is 11.8. The molecule has 2 rings (SSSR count). The van der Waals surface area contributed by atoms with Crippen molar-refractivity contribution in [2.45, 2.75) is 17.9 Å². The Morgan fingerprint density at radius 2 is 1.90 bits per heavy atom. The van der Waals surface area contributed by atoms with E-state index in [0.717, 1.165) is 0 Å². The number of benzene rings is 2. The van der Waals surface area contributed by atoms with Crippen LogP contribution in [-0.2, 0) is 24.3 Å². The molecule has 29 heavy (non-hydrogen) atoms. The summed E-state index contributed by atoms with van der Waals surface area (Å²) < 4.78 is 36.6. The van der Waals surface area contributed by atoms with Gasteiger partial charge in [0.05, 0.1) is 17.6 Å². The van der Waals surface area contributed by atoms with E-state index in [1.165, 1.54) is 38.3 Å². The van der Waals surface area contributed by atoms with Crippen molar-refractivity contribution in [1.29, 1.82) is 5.26 Å². The van der Waals surface area contributed by atoms with Crippen molar-refractivity contribution in [3.63, 3.8) is 0 Å². The number of nitrogens with one attached hydrogen (secondary N) is 2. The maximum absolute atomic E-state index is 12.3. The van der Waals surface area contributed by atoms with E-state index in [2.05, 4.69) is 10.0 Å². The number of methoxy groups -OCH3 is 1. The van der Waals surface area contributed by atoms with Gasteiger partial charge in [0.25, 0.3) is 5.91 Å². The summed E-state index contributed by atoms with van der Waals surface area (Å²) >= 11 is 0. The molecule has 2 aromatic rings. The lowest BCUT2D eigenvalue weighted by Crippen LogP contribution is -2.36. The van der Waals surface area contributed by atoms with E-state index in [-0.39, 0.29) is 10.5 Å². The van der Waals surface area contributed by atoms with Crippen molar-refractivity contribution in [3.05, 3.63) is 54.1 Å². The number of amides is 1. The molecule has 0 fully saturated rings. The highest BCUT2D eigenvalue weighted by Crippen LogP contribution is 2.17. The van der Waals surface area contributed by atoms with E-state index in [9.17, 15) is 18.0 Å². The maximum Gasteiger partial charge on any atom is 0.321 e. The summed E-state index contributed by atoms with van der Waals surface area (Å²) in [6.45, 7) is 0.658. The van der Waals surface area contributed by atoms with Crippen LogP contribution >= 0.6 is 0 Å². The Balaban J connectivity index is 1.92. The Labute approximate surface area is 168 Å². The van der Waals surface area contributed by atoms with Gasteiger partial charge in [-0.25, -0.2) is 8.42 Å². The Morgan fingerprint density at radius 1 is 1.17 bits per heavy atom. The average molecular weight is 417 g/mol. The molecule has 0 aliphatic carbocycles. The van der Waals surface area contributed by atoms with E-state index < -0.39 is 34.5 Å². The summed E-state index contributed by atoms with van der Waals surface area (Å²) in [5.41, 5.74) is 0.394. The van der Waals surface area contributed by atoms with Gasteiger partial charge in [-0.3, -0.25) is 9.59 Å². The quantitative estimate of drug-likeness (QED) is 0.620. The molecule has 0 radical (unpaired) electrons. The van der Waals surface area contributed by atoms with Gasteiger partial charge in [-0.15, -0.1) is 0 Å². The van der Waals surface area contributed by atoms with Crippen LogP contribution < -0.4 is 14.8 Å². The average Bonchev–Trinajstić information content (AvgIpc) is 2.72. The van der Waals surface area contributed by atoms with Crippen LogP contribution in [0.2, 0.25) is 0 Å². The molecule has 0 unspecified atom stereocenters. The van der Waals surface area contributed by atoms with Crippen LogP contribution in [0.1, 0.15) is 12.5 Å². The molecule has 2 aromatic carbocycles. The highest BCUT2D eigenvalue weighted by molar-refractivity contribution is 7.89. The van der Waals surface area contributed by atoms with Crippen LogP contribution in [0, 0.1) is 11.3 Å². The van der Waals surface area contributed by atoms with Crippen LogP contribution in [0.25, 0.3) is 0 Å². The summed E-state index contributed by atoms with van der Waals surface area (Å²) in [7, 11) is -2.61. The van der Waals surface area contributed by atoms with Crippen molar-refractivity contribution in [3.8, 4) is 11.8 Å². The van der Waals surface area contributed by atoms with Crippen LogP contribution in [0.3, 0.4) is 0 Å². The van der Waals surface area contributed by atoms with Crippen LogP contribution in [0.5, 0.6) is 5.75 Å². The third-order valence-electron chi connectivity index (χ3n) is 3.72. The number of carbonyl (C=O) groups excluding carboxylic acids is 2. The van der Waals surface area contributed by atoms with Crippen molar-refractivity contribution < 1.29 is 27.5 Å². The van der Waals surface area contributed by atoms with Gasteiger partial charge in [0, 0.05) is 11.8 Å². The molecule has 0 aliphatic rings. The molecular formula is C19H19N3O6S. The fourth-order valence-corrected chi connectivity index (χ4v) is 3.39. The number of rotatable bonds is 8. The monoisotopic (exact) mass is 417 g/mol. The highest BCUT2D eigenvalue weighted by atomic mass is 32.2. The minimum absolute atomic E-state index is 0.0561. The topological polar surface area (TPSA) is 135 Å². The highest BCUT2D eigenvalue weighted by Gasteiger charge is 2.22. The molecule has 1 amide bonds. The van der Waals surface area contributed by atoms with Gasteiger partial charge in [0.1, 0.15) is 18.4 Å². The smallest absolute Gasteiger partial charge is 0.321 e. The first kappa shape index (κ1) is 21.9. The second kappa shape index (κ2) is 9.68. The minimum Gasteiger partial charge on any atom is -0.497 e. The number of anilines is 1. The summed E-state index contributed by atoms with van der Waals surface area (Å²) in [6, 6.07) is 14.0. The van der Waals surface area contributed by atoms with Crippen LogP contribution in [-0.4, -0.2) is 40.1 Å². The summed E-state index contributed by atoms with van der Waals surface area (Å²) in [6.07, 6.45) is -1.16. The molecule has 0 spiro atoms. The molecular weight excluding hydrogens is 398 g/mol. The molecule has 0 saturated heterocycles. The van der Waals surface area contributed by atoms with Gasteiger partial charge in [0.2, 0.25) is 10.0 Å². The lowest BCUT2D eigenvalue weighted by Gasteiger charge is -2.14. The molecule has 1 atom stereocenters. The fourth-order valence-electron chi connectivity index (χ4n) is 2.26. The number of hydrogen-bond acceptors (Lipinski definition) is 7. The number of nitriles is 1. The Bertz CT molecular complexity index is 1050. The predicted molar refractivity (Wildman–Crippen MR) is 104 cm³/mol. The zero-order chi connectivity index (χ0) is 21.4. The number of nitrogens with zero attached hydrogens (tertiary/aromatic N) is 1. The van der Waals surface area contributed by atoms with E-state index in [1.54, 1.807) is 30.3 Å². The van der Waals surface area contributed by atoms with Crippen molar-refractivity contribution in [1.82, 2.24) is 4.72 Å². The molecule has 0 aliphatic heterocycles. The molecule has 152 valence electrons. The summed E-state index contributed by atoms with van der Waals surface area (Å²) in [5.74, 6) is -1.000. The summed E-state index contributed by atoms with van der Waals surface area (Å²) in [4.78, 5) is 23.8. The van der Waals surface area contributed by atoms with Crippen LogP contribution in [0.4, 0.5) is 5.69 Å². The van der Waals surface area contributed by atoms with Gasteiger partial charge >= 0.3 is 5.97 Å². The standard InChI is InChI=1S/C19H19N3O6S/c1-13(19(24)22-15-7-5-8-16(10-15)27-2)28-18(23)12-21-29(25,26)17-9-4-3-6-14(17)11-20/h3-10,13,21H,12H2,1-2H3,(H,22,24)/t13-/m0/s1. The molecule has 2 N–H and O–H groups in total. The summed E-state index contributed by atoms with van der Waals surface area (Å²) in [5, 5.41) is 11.6. The van der Waals surface area contributed by atoms with Gasteiger partial charge in [-0.05, 0) is 31.2 Å². The number of ether oxygens (including phenoxy) is 2. The second-order valence-electron chi connectivity index (χ2n) is 5.79. The predicted octanol–water partition coefficient (Wildman–Crippen LogP) is 1.42. The van der Waals surface area contributed by atoms with Gasteiger partial charge in [-0.1, -0.05) is 18.2 Å². The third kappa shape index (κ3) is 6.03. The number of sulfonamides is 1.